The van der Waals surface area contributed by atoms with E-state index in [1.54, 1.807) is 6.08 Å². The minimum absolute atomic E-state index is 0.0385. The van der Waals surface area contributed by atoms with Crippen molar-refractivity contribution >= 4 is 11.8 Å². The molecule has 0 unspecified atom stereocenters. The molecular formula is C14H20N4O2. The Morgan fingerprint density at radius 3 is 2.40 bits per heavy atom. The zero-order valence-corrected chi connectivity index (χ0v) is 11.6. The molecule has 0 heterocycles. The maximum Gasteiger partial charge on any atom is 0.181 e. The van der Waals surface area contributed by atoms with E-state index in [1.807, 2.05) is 13.0 Å². The average molecular weight is 276 g/mol. The molecule has 0 atom stereocenters. The van der Waals surface area contributed by atoms with Crippen LogP contribution in [0.5, 0.6) is 11.5 Å². The first-order valence-corrected chi connectivity index (χ1v) is 5.96. The van der Waals surface area contributed by atoms with Gasteiger partial charge in [-0.1, -0.05) is 13.0 Å². The van der Waals surface area contributed by atoms with E-state index in [0.717, 1.165) is 0 Å². The molecule has 1 aromatic carbocycles. The summed E-state index contributed by atoms with van der Waals surface area (Å²) in [6.07, 6.45) is 3.93. The molecule has 0 saturated carbocycles. The van der Waals surface area contributed by atoms with Gasteiger partial charge in [0.2, 0.25) is 0 Å². The lowest BCUT2D eigenvalue weighted by atomic mass is 10.1. The summed E-state index contributed by atoms with van der Waals surface area (Å²) in [5, 5.41) is 27.7. The molecule has 6 heteroatoms. The molecule has 0 aliphatic heterocycles. The van der Waals surface area contributed by atoms with Crippen LogP contribution < -0.4 is 17.2 Å². The number of nitrogens with zero attached hydrogens (tertiary/aromatic N) is 1. The predicted molar refractivity (Wildman–Crippen MR) is 80.4 cm³/mol. The second-order valence-corrected chi connectivity index (χ2v) is 3.72. The van der Waals surface area contributed by atoms with Crippen LogP contribution in [-0.4, -0.2) is 17.3 Å². The van der Waals surface area contributed by atoms with Gasteiger partial charge in [-0.25, -0.2) is 0 Å². The second kappa shape index (κ2) is 8.45. The molecule has 0 aliphatic carbocycles. The Kier molecular flexibility index (Phi) is 7.33. The van der Waals surface area contributed by atoms with E-state index in [0.29, 0.717) is 17.7 Å². The van der Waals surface area contributed by atoms with Crippen molar-refractivity contribution in [1.82, 2.24) is 0 Å². The summed E-state index contributed by atoms with van der Waals surface area (Å²) >= 11 is 0. The van der Waals surface area contributed by atoms with Crippen LogP contribution in [0.2, 0.25) is 0 Å². The number of hydrogen-bond donors (Lipinski definition) is 5. The summed E-state index contributed by atoms with van der Waals surface area (Å²) in [7, 11) is 1.50. The Morgan fingerprint density at radius 1 is 1.35 bits per heavy atom. The molecule has 6 nitrogen and oxygen atoms in total. The van der Waals surface area contributed by atoms with E-state index in [-0.39, 0.29) is 22.8 Å². The SMILES string of the molecule is CC/C=C(N)/C(C#N)=C/c1cc(N)c(O)c(O)c1.CN. The zero-order chi connectivity index (χ0) is 15.7. The van der Waals surface area contributed by atoms with Crippen molar-refractivity contribution in [2.24, 2.45) is 11.5 Å². The smallest absolute Gasteiger partial charge is 0.181 e. The topological polar surface area (TPSA) is 142 Å². The van der Waals surface area contributed by atoms with E-state index >= 15 is 0 Å². The first kappa shape index (κ1) is 17.4. The van der Waals surface area contributed by atoms with E-state index in [4.69, 9.17) is 16.7 Å². The van der Waals surface area contributed by atoms with Gasteiger partial charge in [0.1, 0.15) is 6.07 Å². The van der Waals surface area contributed by atoms with Gasteiger partial charge in [-0.05, 0) is 37.2 Å². The third-order valence-electron chi connectivity index (χ3n) is 2.31. The van der Waals surface area contributed by atoms with Crippen molar-refractivity contribution in [3.8, 4) is 17.6 Å². The summed E-state index contributed by atoms with van der Waals surface area (Å²) in [5.74, 6) is -0.709. The fraction of sp³-hybridized carbons (Fsp3) is 0.214. The number of phenolic OH excluding ortho intramolecular Hbond substituents is 2. The van der Waals surface area contributed by atoms with Gasteiger partial charge >= 0.3 is 0 Å². The highest BCUT2D eigenvalue weighted by molar-refractivity contribution is 5.70. The standard InChI is InChI=1S/C13H15N3O2.CH5N/c1-2-3-10(15)9(7-14)4-8-5-11(16)13(18)12(17)6-8;1-2/h3-6,17-18H,2,15-16H2,1H3;2H2,1H3/b9-4+,10-3-;. The molecule has 0 saturated heterocycles. The molecule has 1 rings (SSSR count). The maximum atomic E-state index is 9.42. The Balaban J connectivity index is 0.00000172. The van der Waals surface area contributed by atoms with Gasteiger partial charge in [0, 0.05) is 5.70 Å². The van der Waals surface area contributed by atoms with Crippen molar-refractivity contribution in [2.75, 3.05) is 12.8 Å². The number of hydrogen-bond acceptors (Lipinski definition) is 6. The van der Waals surface area contributed by atoms with Gasteiger partial charge in [0.25, 0.3) is 0 Å². The number of phenols is 2. The number of rotatable bonds is 3. The highest BCUT2D eigenvalue weighted by Gasteiger charge is 2.06. The van der Waals surface area contributed by atoms with Gasteiger partial charge in [-0.2, -0.15) is 5.26 Å². The molecule has 1 aromatic rings. The van der Waals surface area contributed by atoms with Gasteiger partial charge in [0.15, 0.2) is 11.5 Å². The van der Waals surface area contributed by atoms with Gasteiger partial charge in [0.05, 0.1) is 11.3 Å². The van der Waals surface area contributed by atoms with Crippen LogP contribution in [0.4, 0.5) is 5.69 Å². The lowest BCUT2D eigenvalue weighted by Crippen LogP contribution is -1.99. The molecule has 8 N–H and O–H groups in total. The van der Waals surface area contributed by atoms with E-state index in [1.165, 1.54) is 25.3 Å². The molecule has 108 valence electrons. The fourth-order valence-electron chi connectivity index (χ4n) is 1.42. The van der Waals surface area contributed by atoms with Gasteiger partial charge in [-0.3, -0.25) is 0 Å². The molecule has 0 aromatic heterocycles. The van der Waals surface area contributed by atoms with Crippen LogP contribution in [0.3, 0.4) is 0 Å². The molecule has 20 heavy (non-hydrogen) atoms. The molecule has 0 spiro atoms. The quantitative estimate of drug-likeness (QED) is 0.244. The number of benzene rings is 1. The third kappa shape index (κ3) is 4.55. The van der Waals surface area contributed by atoms with Gasteiger partial charge < -0.3 is 27.4 Å². The van der Waals surface area contributed by atoms with Crippen LogP contribution in [-0.2, 0) is 0 Å². The summed E-state index contributed by atoms with van der Waals surface area (Å²) in [5.41, 5.74) is 16.9. The summed E-state index contributed by atoms with van der Waals surface area (Å²) < 4.78 is 0. The minimum Gasteiger partial charge on any atom is -0.504 e. The number of allylic oxidation sites excluding steroid dienone is 2. The maximum absolute atomic E-state index is 9.42. The Hall–Kier alpha value is -2.65. The first-order chi connectivity index (χ1) is 9.49. The monoisotopic (exact) mass is 276 g/mol. The van der Waals surface area contributed by atoms with Gasteiger partial charge in [-0.15, -0.1) is 0 Å². The van der Waals surface area contributed by atoms with Crippen LogP contribution in [0.25, 0.3) is 6.08 Å². The first-order valence-electron chi connectivity index (χ1n) is 5.96. The predicted octanol–water partition coefficient (Wildman–Crippen LogP) is 1.41. The van der Waals surface area contributed by atoms with Crippen molar-refractivity contribution in [3.05, 3.63) is 35.0 Å². The highest BCUT2D eigenvalue weighted by Crippen LogP contribution is 2.33. The van der Waals surface area contributed by atoms with E-state index in [9.17, 15) is 10.2 Å². The number of nitriles is 1. The Morgan fingerprint density at radius 2 is 1.95 bits per heavy atom. The number of nitrogen functional groups attached to an aromatic ring is 1. The van der Waals surface area contributed by atoms with Crippen LogP contribution in [0.15, 0.2) is 29.5 Å². The fourth-order valence-corrected chi connectivity index (χ4v) is 1.42. The average Bonchev–Trinajstić information content (AvgIpc) is 2.44. The highest BCUT2D eigenvalue weighted by atomic mass is 16.3. The lowest BCUT2D eigenvalue weighted by Gasteiger charge is -2.04. The summed E-state index contributed by atoms with van der Waals surface area (Å²) in [6.45, 7) is 1.91. The van der Waals surface area contributed by atoms with Crippen LogP contribution >= 0.6 is 0 Å². The van der Waals surface area contributed by atoms with E-state index in [2.05, 4.69) is 5.73 Å². The van der Waals surface area contributed by atoms with Crippen LogP contribution in [0, 0.1) is 11.3 Å². The number of anilines is 1. The summed E-state index contributed by atoms with van der Waals surface area (Å²) in [6, 6.07) is 4.73. The summed E-state index contributed by atoms with van der Waals surface area (Å²) in [4.78, 5) is 0. The molecule has 0 bridgehead atoms. The molecular weight excluding hydrogens is 256 g/mol. The lowest BCUT2D eigenvalue weighted by molar-refractivity contribution is 0.405. The molecule has 0 fully saturated rings. The second-order valence-electron chi connectivity index (χ2n) is 3.72. The minimum atomic E-state index is -0.372. The molecule has 0 amide bonds. The Bertz CT molecular complexity index is 534. The molecule has 0 aliphatic rings. The van der Waals surface area contributed by atoms with Crippen molar-refractivity contribution in [2.45, 2.75) is 13.3 Å². The normalized spacial score (nSPS) is 11.3. The largest absolute Gasteiger partial charge is 0.504 e. The zero-order valence-electron chi connectivity index (χ0n) is 11.6. The van der Waals surface area contributed by atoms with Crippen molar-refractivity contribution in [3.63, 3.8) is 0 Å². The van der Waals surface area contributed by atoms with E-state index < -0.39 is 0 Å². The molecule has 0 radical (unpaired) electrons. The van der Waals surface area contributed by atoms with Crippen molar-refractivity contribution < 1.29 is 10.2 Å². The number of aromatic hydroxyl groups is 2. The Labute approximate surface area is 118 Å². The number of nitrogens with two attached hydrogens (primary N) is 3. The third-order valence-corrected chi connectivity index (χ3v) is 2.31. The van der Waals surface area contributed by atoms with Crippen molar-refractivity contribution in [1.29, 1.82) is 5.26 Å². The van der Waals surface area contributed by atoms with Crippen LogP contribution in [0.1, 0.15) is 18.9 Å².